The molecular weight excluding hydrogens is 440 g/mol. The zero-order chi connectivity index (χ0) is 22.8. The zero-order valence-corrected chi connectivity index (χ0v) is 19.4. The summed E-state index contributed by atoms with van der Waals surface area (Å²) in [5, 5.41) is 16.7. The van der Waals surface area contributed by atoms with Gasteiger partial charge < -0.3 is 20.5 Å². The van der Waals surface area contributed by atoms with Crippen LogP contribution in [0.5, 0.6) is 5.75 Å². The maximum atomic E-state index is 12.9. The van der Waals surface area contributed by atoms with E-state index in [-0.39, 0.29) is 24.6 Å². The van der Waals surface area contributed by atoms with Gasteiger partial charge in [-0.2, -0.15) is 0 Å². The van der Waals surface area contributed by atoms with Crippen molar-refractivity contribution in [2.45, 2.75) is 44.9 Å². The van der Waals surface area contributed by atoms with E-state index in [0.717, 1.165) is 41.9 Å². The van der Waals surface area contributed by atoms with Crippen molar-refractivity contribution in [2.75, 3.05) is 31.6 Å². The van der Waals surface area contributed by atoms with Crippen molar-refractivity contribution >= 4 is 34.1 Å². The molecule has 4 heterocycles. The second kappa shape index (κ2) is 9.58. The number of hydrogen-bond acceptors (Lipinski definition) is 9. The monoisotopic (exact) mass is 468 g/mol. The van der Waals surface area contributed by atoms with Crippen molar-refractivity contribution < 1.29 is 14.6 Å². The second-order valence-electron chi connectivity index (χ2n) is 8.34. The van der Waals surface area contributed by atoms with E-state index in [9.17, 15) is 9.90 Å². The van der Waals surface area contributed by atoms with E-state index in [0.29, 0.717) is 41.7 Å². The normalized spacial score (nSPS) is 21.8. The standard InChI is InChI=1S/C23H28N6O3S/c1-2-29-8-6-14-10-17(29)23(31)24-7-3-9-32-22-15(18-11-26-20(13-30)33-18)4-5-16-21(22)28-19(27-14)12-25-16/h4-5,11-12,14,17,30H,2-3,6-10,13H2,1H3,(H,24,31)(H,27,28)/t14-,17-/m0/s1. The number of carbonyl (C=O) groups is 1. The van der Waals surface area contributed by atoms with Crippen LogP contribution in [-0.2, 0) is 11.4 Å². The number of hydrogen-bond donors (Lipinski definition) is 3. The number of fused-ring (bicyclic) bond motifs is 3. The highest BCUT2D eigenvalue weighted by molar-refractivity contribution is 7.15. The number of likely N-dealkylation sites (N-methyl/N-ethyl adjacent to an activating group) is 1. The number of aromatic nitrogens is 3. The van der Waals surface area contributed by atoms with Crippen LogP contribution in [0.15, 0.2) is 24.5 Å². The molecular formula is C23H28N6O3S. The van der Waals surface area contributed by atoms with Crippen LogP contribution >= 0.6 is 11.3 Å². The molecule has 1 aromatic carbocycles. The summed E-state index contributed by atoms with van der Waals surface area (Å²) in [6, 6.07) is 3.89. The Balaban J connectivity index is 1.54. The van der Waals surface area contributed by atoms with Crippen molar-refractivity contribution in [3.8, 4) is 16.2 Å². The van der Waals surface area contributed by atoms with Gasteiger partial charge in [0.1, 0.15) is 16.3 Å². The zero-order valence-electron chi connectivity index (χ0n) is 18.6. The van der Waals surface area contributed by atoms with Gasteiger partial charge >= 0.3 is 0 Å². The molecule has 1 saturated heterocycles. The number of likely N-dealkylation sites (tertiary alicyclic amines) is 1. The molecule has 2 aromatic heterocycles. The first-order valence-electron chi connectivity index (χ1n) is 11.4. The van der Waals surface area contributed by atoms with Gasteiger partial charge in [0.15, 0.2) is 5.75 Å². The van der Waals surface area contributed by atoms with Crippen LogP contribution in [-0.4, -0.2) is 69.2 Å². The third-order valence-electron chi connectivity index (χ3n) is 6.26. The average molecular weight is 469 g/mol. The maximum absolute atomic E-state index is 12.9. The Morgan fingerprint density at radius 1 is 1.30 bits per heavy atom. The fraction of sp³-hybridized carbons (Fsp3) is 0.478. The fourth-order valence-corrected chi connectivity index (χ4v) is 5.35. The third-order valence-corrected chi connectivity index (χ3v) is 7.28. The number of benzene rings is 1. The van der Waals surface area contributed by atoms with Gasteiger partial charge in [-0.15, -0.1) is 11.3 Å². The third kappa shape index (κ3) is 4.50. The number of aliphatic hydroxyl groups excluding tert-OH is 1. The lowest BCUT2D eigenvalue weighted by atomic mass is 9.96. The molecule has 0 aliphatic carbocycles. The molecule has 0 saturated carbocycles. The molecule has 0 radical (unpaired) electrons. The maximum Gasteiger partial charge on any atom is 0.237 e. The molecule has 3 N–H and O–H groups in total. The van der Waals surface area contributed by atoms with Gasteiger partial charge in [0.2, 0.25) is 5.91 Å². The Hall–Kier alpha value is -2.82. The number of anilines is 1. The summed E-state index contributed by atoms with van der Waals surface area (Å²) in [6.45, 7) is 4.70. The van der Waals surface area contributed by atoms with Gasteiger partial charge in [-0.05, 0) is 37.9 Å². The Morgan fingerprint density at radius 3 is 3.03 bits per heavy atom. The Labute approximate surface area is 196 Å². The minimum Gasteiger partial charge on any atom is -0.490 e. The second-order valence-corrected chi connectivity index (χ2v) is 9.46. The van der Waals surface area contributed by atoms with Gasteiger partial charge in [-0.1, -0.05) is 6.92 Å². The summed E-state index contributed by atoms with van der Waals surface area (Å²) >= 11 is 1.43. The quantitative estimate of drug-likeness (QED) is 0.537. The predicted octanol–water partition coefficient (Wildman–Crippen LogP) is 2.41. The van der Waals surface area contributed by atoms with Gasteiger partial charge in [-0.25, -0.2) is 9.97 Å². The molecule has 10 heteroatoms. The molecule has 3 aromatic rings. The number of carbonyl (C=O) groups excluding carboxylic acids is 1. The van der Waals surface area contributed by atoms with E-state index in [1.807, 2.05) is 12.1 Å². The molecule has 2 atom stereocenters. The summed E-state index contributed by atoms with van der Waals surface area (Å²) in [5.41, 5.74) is 2.32. The average Bonchev–Trinajstić information content (AvgIpc) is 3.32. The first-order valence-corrected chi connectivity index (χ1v) is 12.2. The van der Waals surface area contributed by atoms with Crippen LogP contribution in [0.2, 0.25) is 0 Å². The number of nitrogens with zero attached hydrogens (tertiary/aromatic N) is 4. The largest absolute Gasteiger partial charge is 0.490 e. The molecule has 9 nitrogen and oxygen atoms in total. The minimum absolute atomic E-state index is 0.0734. The van der Waals surface area contributed by atoms with Crippen LogP contribution in [0.3, 0.4) is 0 Å². The first-order chi connectivity index (χ1) is 16.2. The number of rotatable bonds is 3. The highest BCUT2D eigenvalue weighted by atomic mass is 32.1. The summed E-state index contributed by atoms with van der Waals surface area (Å²) in [7, 11) is 0. The fourth-order valence-electron chi connectivity index (χ4n) is 4.55. The minimum atomic E-state index is -0.146. The Morgan fingerprint density at radius 2 is 2.21 bits per heavy atom. The van der Waals surface area contributed by atoms with Crippen molar-refractivity contribution in [2.24, 2.45) is 0 Å². The van der Waals surface area contributed by atoms with Crippen LogP contribution in [0, 0.1) is 0 Å². The van der Waals surface area contributed by atoms with E-state index in [4.69, 9.17) is 9.72 Å². The molecule has 2 aliphatic heterocycles. The number of ether oxygens (including phenoxy) is 1. The van der Waals surface area contributed by atoms with E-state index < -0.39 is 0 Å². The topological polar surface area (TPSA) is 113 Å². The smallest absolute Gasteiger partial charge is 0.237 e. The van der Waals surface area contributed by atoms with Crippen molar-refractivity contribution in [1.82, 2.24) is 25.2 Å². The van der Waals surface area contributed by atoms with Gasteiger partial charge in [0, 0.05) is 30.9 Å². The molecule has 174 valence electrons. The van der Waals surface area contributed by atoms with E-state index in [1.54, 1.807) is 12.4 Å². The van der Waals surface area contributed by atoms with Crippen LogP contribution in [0.1, 0.15) is 31.2 Å². The summed E-state index contributed by atoms with van der Waals surface area (Å²) in [6.07, 6.45) is 5.84. The van der Waals surface area contributed by atoms with Crippen LogP contribution < -0.4 is 15.4 Å². The predicted molar refractivity (Wildman–Crippen MR) is 127 cm³/mol. The highest BCUT2D eigenvalue weighted by Crippen LogP contribution is 2.38. The molecule has 33 heavy (non-hydrogen) atoms. The van der Waals surface area contributed by atoms with Crippen molar-refractivity contribution in [3.05, 3.63) is 29.5 Å². The van der Waals surface area contributed by atoms with E-state index in [1.165, 1.54) is 11.3 Å². The van der Waals surface area contributed by atoms with E-state index >= 15 is 0 Å². The van der Waals surface area contributed by atoms with Gasteiger partial charge in [0.05, 0.1) is 35.8 Å². The van der Waals surface area contributed by atoms with Gasteiger partial charge in [-0.3, -0.25) is 14.7 Å². The number of aliphatic hydroxyl groups is 1. The molecule has 0 spiro atoms. The lowest BCUT2D eigenvalue weighted by molar-refractivity contribution is -0.127. The van der Waals surface area contributed by atoms with Crippen molar-refractivity contribution in [1.29, 1.82) is 0 Å². The molecule has 2 aliphatic rings. The molecule has 4 bridgehead atoms. The lowest BCUT2D eigenvalue weighted by Gasteiger charge is -2.38. The summed E-state index contributed by atoms with van der Waals surface area (Å²) < 4.78 is 6.24. The molecule has 5 rings (SSSR count). The van der Waals surface area contributed by atoms with Crippen LogP contribution in [0.25, 0.3) is 21.5 Å². The van der Waals surface area contributed by atoms with Crippen molar-refractivity contribution in [3.63, 3.8) is 0 Å². The number of amides is 1. The summed E-state index contributed by atoms with van der Waals surface area (Å²) in [5.74, 6) is 1.40. The molecule has 1 amide bonds. The summed E-state index contributed by atoms with van der Waals surface area (Å²) in [4.78, 5) is 29.8. The van der Waals surface area contributed by atoms with Crippen LogP contribution in [0.4, 0.5) is 5.82 Å². The van der Waals surface area contributed by atoms with E-state index in [2.05, 4.69) is 32.4 Å². The Bertz CT molecular complexity index is 1150. The number of nitrogens with one attached hydrogen (secondary N) is 2. The number of piperidine rings is 1. The highest BCUT2D eigenvalue weighted by Gasteiger charge is 2.32. The Kier molecular flexibility index (Phi) is 6.39. The first kappa shape index (κ1) is 22.0. The molecule has 0 unspecified atom stereocenters. The lowest BCUT2D eigenvalue weighted by Crippen LogP contribution is -2.53. The molecule has 1 fully saturated rings. The van der Waals surface area contributed by atoms with Gasteiger partial charge in [0.25, 0.3) is 0 Å². The SMILES string of the molecule is CCN1CC[C@H]2C[C@H]1C(=O)NCCCOc1c(-c3cnc(CO)s3)ccc3ncc(nc13)N2. The number of thiazole rings is 1.